The van der Waals surface area contributed by atoms with Crippen molar-refractivity contribution in [3.8, 4) is 11.4 Å². The van der Waals surface area contributed by atoms with Crippen LogP contribution < -0.4 is 10.1 Å². The molecule has 0 aliphatic carbocycles. The summed E-state index contributed by atoms with van der Waals surface area (Å²) in [6.07, 6.45) is 6.17. The van der Waals surface area contributed by atoms with Crippen LogP contribution in [0.4, 0.5) is 11.6 Å². The number of nitrogens with one attached hydrogen (secondary N) is 1. The molecule has 0 saturated carbocycles. The third-order valence-electron chi connectivity index (χ3n) is 6.22. The van der Waals surface area contributed by atoms with E-state index in [4.69, 9.17) is 9.72 Å². The smallest absolute Gasteiger partial charge is 0.229 e. The van der Waals surface area contributed by atoms with Gasteiger partial charge in [0.2, 0.25) is 5.95 Å². The molecule has 0 saturated heterocycles. The molecular formula is C27H31N5O. The number of benzene rings is 2. The van der Waals surface area contributed by atoms with Crippen LogP contribution in [0.5, 0.6) is 5.75 Å². The highest BCUT2D eigenvalue weighted by Gasteiger charge is 2.15. The second-order valence-electron chi connectivity index (χ2n) is 8.84. The van der Waals surface area contributed by atoms with Crippen molar-refractivity contribution in [1.29, 1.82) is 0 Å². The van der Waals surface area contributed by atoms with E-state index < -0.39 is 0 Å². The van der Waals surface area contributed by atoms with Gasteiger partial charge >= 0.3 is 0 Å². The van der Waals surface area contributed by atoms with Gasteiger partial charge in [-0.15, -0.1) is 0 Å². The number of ether oxygens (including phenoxy) is 1. The summed E-state index contributed by atoms with van der Waals surface area (Å²) < 4.78 is 8.11. The van der Waals surface area contributed by atoms with Gasteiger partial charge in [0.25, 0.3) is 0 Å². The lowest BCUT2D eigenvalue weighted by atomic mass is 10.0. The van der Waals surface area contributed by atoms with Crippen molar-refractivity contribution >= 4 is 22.7 Å². The normalized spacial score (nSPS) is 14.3. The van der Waals surface area contributed by atoms with E-state index in [-0.39, 0.29) is 6.10 Å². The molecule has 0 radical (unpaired) electrons. The maximum absolute atomic E-state index is 6.04. The van der Waals surface area contributed by atoms with E-state index >= 15 is 0 Å². The predicted molar refractivity (Wildman–Crippen MR) is 134 cm³/mol. The molecular weight excluding hydrogens is 410 g/mol. The molecule has 3 heterocycles. The van der Waals surface area contributed by atoms with Crippen molar-refractivity contribution < 1.29 is 4.74 Å². The van der Waals surface area contributed by atoms with Crippen LogP contribution in [0.3, 0.4) is 0 Å². The Labute approximate surface area is 195 Å². The van der Waals surface area contributed by atoms with Gasteiger partial charge < -0.3 is 15.0 Å². The summed E-state index contributed by atoms with van der Waals surface area (Å²) >= 11 is 0. The average Bonchev–Trinajstić information content (AvgIpc) is 3.11. The van der Waals surface area contributed by atoms with Gasteiger partial charge in [-0.05, 0) is 74.7 Å². The van der Waals surface area contributed by atoms with Gasteiger partial charge in [0.15, 0.2) is 0 Å². The van der Waals surface area contributed by atoms with E-state index in [1.165, 1.54) is 11.1 Å². The van der Waals surface area contributed by atoms with Crippen molar-refractivity contribution in [2.75, 3.05) is 25.0 Å². The molecule has 5 rings (SSSR count). The number of fused-ring (bicyclic) bond motifs is 2. The molecule has 0 unspecified atom stereocenters. The first-order chi connectivity index (χ1) is 16.1. The fourth-order valence-electron chi connectivity index (χ4n) is 4.48. The third kappa shape index (κ3) is 4.57. The highest BCUT2D eigenvalue weighted by Crippen LogP contribution is 2.28. The highest BCUT2D eigenvalue weighted by molar-refractivity contribution is 5.79. The van der Waals surface area contributed by atoms with Gasteiger partial charge in [0, 0.05) is 36.6 Å². The SMILES string of the molecule is CCN1CCc2ccc(Nc3ncc4ccn(-c5ccccc5OC(C)C)c4n3)cc2CC1. The quantitative estimate of drug-likeness (QED) is 0.436. The monoisotopic (exact) mass is 441 g/mol. The molecule has 0 spiro atoms. The second kappa shape index (κ2) is 9.24. The maximum Gasteiger partial charge on any atom is 0.229 e. The third-order valence-corrected chi connectivity index (χ3v) is 6.22. The van der Waals surface area contributed by atoms with Gasteiger partial charge in [0.1, 0.15) is 11.4 Å². The fourth-order valence-corrected chi connectivity index (χ4v) is 4.48. The lowest BCUT2D eigenvalue weighted by molar-refractivity contribution is 0.242. The first-order valence-corrected chi connectivity index (χ1v) is 11.8. The molecule has 1 aliphatic heterocycles. The maximum atomic E-state index is 6.04. The molecule has 1 N–H and O–H groups in total. The van der Waals surface area contributed by atoms with Crippen LogP contribution in [0.2, 0.25) is 0 Å². The predicted octanol–water partition coefficient (Wildman–Crippen LogP) is 5.37. The Bertz CT molecular complexity index is 1260. The Hall–Kier alpha value is -3.38. The lowest BCUT2D eigenvalue weighted by Crippen LogP contribution is -2.25. The summed E-state index contributed by atoms with van der Waals surface area (Å²) in [4.78, 5) is 11.9. The lowest BCUT2D eigenvalue weighted by Gasteiger charge is -2.16. The van der Waals surface area contributed by atoms with E-state index in [1.807, 2.05) is 50.5 Å². The van der Waals surface area contributed by atoms with E-state index in [9.17, 15) is 0 Å². The first-order valence-electron chi connectivity index (χ1n) is 11.8. The number of anilines is 2. The Morgan fingerprint density at radius 1 is 1.03 bits per heavy atom. The van der Waals surface area contributed by atoms with Crippen LogP contribution in [0, 0.1) is 0 Å². The molecule has 170 valence electrons. The minimum Gasteiger partial charge on any atom is -0.489 e. The minimum absolute atomic E-state index is 0.0949. The summed E-state index contributed by atoms with van der Waals surface area (Å²) in [6.45, 7) is 9.66. The molecule has 1 aliphatic rings. The van der Waals surface area contributed by atoms with Crippen molar-refractivity contribution in [3.63, 3.8) is 0 Å². The van der Waals surface area contributed by atoms with Crippen molar-refractivity contribution in [2.45, 2.75) is 39.7 Å². The van der Waals surface area contributed by atoms with Crippen molar-refractivity contribution in [1.82, 2.24) is 19.4 Å². The van der Waals surface area contributed by atoms with Gasteiger partial charge in [-0.3, -0.25) is 4.57 Å². The number of para-hydroxylation sites is 2. The first kappa shape index (κ1) is 21.5. The fraction of sp³-hybridized carbons (Fsp3) is 0.333. The molecule has 0 amide bonds. The summed E-state index contributed by atoms with van der Waals surface area (Å²) in [5, 5.41) is 4.41. The minimum atomic E-state index is 0.0949. The number of likely N-dealkylation sites (N-methyl/N-ethyl adjacent to an activating group) is 1. The Kier molecular flexibility index (Phi) is 6.01. The Morgan fingerprint density at radius 3 is 2.67 bits per heavy atom. The number of aromatic nitrogens is 3. The van der Waals surface area contributed by atoms with Crippen molar-refractivity contribution in [2.24, 2.45) is 0 Å². The highest BCUT2D eigenvalue weighted by atomic mass is 16.5. The zero-order valence-electron chi connectivity index (χ0n) is 19.6. The van der Waals surface area contributed by atoms with E-state index in [1.54, 1.807) is 0 Å². The molecule has 4 aromatic rings. The van der Waals surface area contributed by atoms with Crippen molar-refractivity contribution in [3.05, 3.63) is 72.1 Å². The van der Waals surface area contributed by atoms with Crippen LogP contribution >= 0.6 is 0 Å². The zero-order chi connectivity index (χ0) is 22.8. The van der Waals surface area contributed by atoms with Crippen LogP contribution in [-0.4, -0.2) is 45.2 Å². The van der Waals surface area contributed by atoms with Gasteiger partial charge in [-0.25, -0.2) is 4.98 Å². The number of nitrogens with zero attached hydrogens (tertiary/aromatic N) is 4. The molecule has 0 fully saturated rings. The summed E-state index contributed by atoms with van der Waals surface area (Å²) in [6, 6.07) is 16.7. The molecule has 2 aromatic carbocycles. The second-order valence-corrected chi connectivity index (χ2v) is 8.84. The number of rotatable bonds is 6. The molecule has 0 bridgehead atoms. The Balaban J connectivity index is 1.44. The van der Waals surface area contributed by atoms with E-state index in [0.29, 0.717) is 5.95 Å². The summed E-state index contributed by atoms with van der Waals surface area (Å²) in [7, 11) is 0. The molecule has 0 atom stereocenters. The van der Waals surface area contributed by atoms with Gasteiger partial charge in [-0.2, -0.15) is 4.98 Å². The Morgan fingerprint density at radius 2 is 1.85 bits per heavy atom. The standard InChI is InChI=1S/C27H31N5O/c1-4-31-14-11-20-9-10-23(17-21(20)12-15-31)29-27-28-18-22-13-16-32(26(22)30-27)24-7-5-6-8-25(24)33-19(2)3/h5-10,13,16-19H,4,11-12,14-15H2,1-3H3,(H,28,29,30). The van der Waals surface area contributed by atoms with E-state index in [2.05, 4.69) is 51.0 Å². The largest absolute Gasteiger partial charge is 0.489 e. The average molecular weight is 442 g/mol. The van der Waals surface area contributed by atoms with E-state index in [0.717, 1.165) is 60.6 Å². The molecule has 6 heteroatoms. The summed E-state index contributed by atoms with van der Waals surface area (Å²) in [5.74, 6) is 1.43. The van der Waals surface area contributed by atoms with Gasteiger partial charge in [0.05, 0.1) is 11.8 Å². The van der Waals surface area contributed by atoms with Crippen LogP contribution in [0.15, 0.2) is 60.9 Å². The zero-order valence-corrected chi connectivity index (χ0v) is 19.6. The van der Waals surface area contributed by atoms with Crippen LogP contribution in [0.25, 0.3) is 16.7 Å². The number of hydrogen-bond acceptors (Lipinski definition) is 5. The van der Waals surface area contributed by atoms with Crippen LogP contribution in [0.1, 0.15) is 31.9 Å². The van der Waals surface area contributed by atoms with Gasteiger partial charge in [-0.1, -0.05) is 25.1 Å². The topological polar surface area (TPSA) is 55.2 Å². The molecule has 33 heavy (non-hydrogen) atoms. The molecule has 2 aromatic heterocycles. The summed E-state index contributed by atoms with van der Waals surface area (Å²) in [5.41, 5.74) is 5.71. The molecule has 6 nitrogen and oxygen atoms in total. The van der Waals surface area contributed by atoms with Crippen LogP contribution in [-0.2, 0) is 12.8 Å². The number of hydrogen-bond donors (Lipinski definition) is 1.